The van der Waals surface area contributed by atoms with Gasteiger partial charge in [-0.05, 0) is 6.07 Å². The standard InChI is InChI=1S/C13H14F3N3O2/c1-2-4-18-12(20)19-7-10(8-19)21-11-6-9(3-5-17-11)13(14,15)16/h2-3,5-6,10H,1,4,7-8H2,(H,18,20). The molecule has 0 bridgehead atoms. The van der Waals surface area contributed by atoms with Crippen molar-refractivity contribution in [2.24, 2.45) is 0 Å². The van der Waals surface area contributed by atoms with Crippen LogP contribution in [0.25, 0.3) is 0 Å². The van der Waals surface area contributed by atoms with Crippen molar-refractivity contribution in [2.45, 2.75) is 12.3 Å². The average molecular weight is 301 g/mol. The third-order valence-corrected chi connectivity index (χ3v) is 2.88. The quantitative estimate of drug-likeness (QED) is 0.866. The number of pyridine rings is 1. The number of amides is 2. The zero-order valence-electron chi connectivity index (χ0n) is 11.1. The highest BCUT2D eigenvalue weighted by Gasteiger charge is 2.34. The van der Waals surface area contributed by atoms with Gasteiger partial charge in [0.25, 0.3) is 0 Å². The van der Waals surface area contributed by atoms with Gasteiger partial charge in [0.2, 0.25) is 5.88 Å². The summed E-state index contributed by atoms with van der Waals surface area (Å²) in [4.78, 5) is 16.7. The normalized spacial score (nSPS) is 15.3. The van der Waals surface area contributed by atoms with E-state index < -0.39 is 11.7 Å². The van der Waals surface area contributed by atoms with Gasteiger partial charge in [0.15, 0.2) is 0 Å². The predicted octanol–water partition coefficient (Wildman–Crippen LogP) is 2.06. The Labute approximate surface area is 119 Å². The van der Waals surface area contributed by atoms with Crippen molar-refractivity contribution in [1.29, 1.82) is 0 Å². The molecular formula is C13H14F3N3O2. The summed E-state index contributed by atoms with van der Waals surface area (Å²) < 4.78 is 42.9. The molecule has 0 radical (unpaired) electrons. The molecule has 0 atom stereocenters. The number of carbonyl (C=O) groups is 1. The van der Waals surface area contributed by atoms with Crippen LogP contribution >= 0.6 is 0 Å². The number of carbonyl (C=O) groups excluding carboxylic acids is 1. The first-order valence-electron chi connectivity index (χ1n) is 6.23. The van der Waals surface area contributed by atoms with E-state index in [9.17, 15) is 18.0 Å². The number of nitrogens with one attached hydrogen (secondary N) is 1. The fourth-order valence-electron chi connectivity index (χ4n) is 1.77. The van der Waals surface area contributed by atoms with Crippen LogP contribution in [0.15, 0.2) is 31.0 Å². The second kappa shape index (κ2) is 6.02. The largest absolute Gasteiger partial charge is 0.471 e. The highest BCUT2D eigenvalue weighted by Crippen LogP contribution is 2.30. The Morgan fingerprint density at radius 2 is 2.29 bits per heavy atom. The van der Waals surface area contributed by atoms with Gasteiger partial charge in [-0.25, -0.2) is 9.78 Å². The number of aromatic nitrogens is 1. The molecule has 1 aromatic rings. The highest BCUT2D eigenvalue weighted by atomic mass is 19.4. The van der Waals surface area contributed by atoms with Crippen LogP contribution in [0, 0.1) is 0 Å². The smallest absolute Gasteiger partial charge is 0.416 e. The number of hydrogen-bond acceptors (Lipinski definition) is 3. The maximum absolute atomic E-state index is 12.5. The molecule has 1 aliphatic rings. The van der Waals surface area contributed by atoms with Crippen molar-refractivity contribution in [1.82, 2.24) is 15.2 Å². The van der Waals surface area contributed by atoms with Crippen molar-refractivity contribution in [3.8, 4) is 5.88 Å². The number of nitrogens with zero attached hydrogens (tertiary/aromatic N) is 2. The Morgan fingerprint density at radius 3 is 2.90 bits per heavy atom. The van der Waals surface area contributed by atoms with Crippen LogP contribution < -0.4 is 10.1 Å². The fraction of sp³-hybridized carbons (Fsp3) is 0.385. The molecule has 0 saturated carbocycles. The Hall–Kier alpha value is -2.25. The molecule has 2 heterocycles. The first-order chi connectivity index (χ1) is 9.90. The van der Waals surface area contributed by atoms with Crippen LogP contribution in [-0.4, -0.2) is 41.7 Å². The molecule has 0 spiro atoms. The van der Waals surface area contributed by atoms with E-state index >= 15 is 0 Å². The van der Waals surface area contributed by atoms with E-state index in [4.69, 9.17) is 4.74 Å². The van der Waals surface area contributed by atoms with Crippen LogP contribution in [0.5, 0.6) is 5.88 Å². The Morgan fingerprint density at radius 1 is 1.57 bits per heavy atom. The molecule has 1 N–H and O–H groups in total. The van der Waals surface area contributed by atoms with Crippen molar-refractivity contribution >= 4 is 6.03 Å². The van der Waals surface area contributed by atoms with Crippen LogP contribution in [0.2, 0.25) is 0 Å². The minimum atomic E-state index is -4.43. The van der Waals surface area contributed by atoms with E-state index in [1.54, 1.807) is 6.08 Å². The topological polar surface area (TPSA) is 54.5 Å². The van der Waals surface area contributed by atoms with E-state index in [-0.39, 0.29) is 18.0 Å². The lowest BCUT2D eigenvalue weighted by atomic mass is 10.2. The van der Waals surface area contributed by atoms with Gasteiger partial charge in [0, 0.05) is 18.8 Å². The van der Waals surface area contributed by atoms with Crippen molar-refractivity contribution in [3.63, 3.8) is 0 Å². The SMILES string of the molecule is C=CCNC(=O)N1CC(Oc2cc(C(F)(F)F)ccn2)C1. The van der Waals surface area contributed by atoms with Gasteiger partial charge in [0.05, 0.1) is 18.7 Å². The number of urea groups is 1. The molecule has 21 heavy (non-hydrogen) atoms. The maximum Gasteiger partial charge on any atom is 0.416 e. The Bertz CT molecular complexity index is 528. The van der Waals surface area contributed by atoms with E-state index in [0.29, 0.717) is 19.6 Å². The average Bonchev–Trinajstić information content (AvgIpc) is 2.39. The molecule has 2 rings (SSSR count). The van der Waals surface area contributed by atoms with Gasteiger partial charge in [0.1, 0.15) is 6.10 Å². The lowest BCUT2D eigenvalue weighted by Crippen LogP contribution is -2.58. The maximum atomic E-state index is 12.5. The van der Waals surface area contributed by atoms with Gasteiger partial charge in [-0.2, -0.15) is 13.2 Å². The van der Waals surface area contributed by atoms with Gasteiger partial charge >= 0.3 is 12.2 Å². The minimum absolute atomic E-state index is 0.0963. The zero-order chi connectivity index (χ0) is 15.5. The summed E-state index contributed by atoms with van der Waals surface area (Å²) in [6.45, 7) is 4.45. The van der Waals surface area contributed by atoms with E-state index in [1.165, 1.54) is 4.90 Å². The molecule has 1 aliphatic heterocycles. The highest BCUT2D eigenvalue weighted by molar-refractivity contribution is 5.75. The molecule has 8 heteroatoms. The third kappa shape index (κ3) is 3.87. The Kier molecular flexibility index (Phi) is 4.35. The molecule has 5 nitrogen and oxygen atoms in total. The molecule has 1 aromatic heterocycles. The first-order valence-corrected chi connectivity index (χ1v) is 6.23. The summed E-state index contributed by atoms with van der Waals surface area (Å²) in [7, 11) is 0. The number of alkyl halides is 3. The van der Waals surface area contributed by atoms with Gasteiger partial charge in [-0.15, -0.1) is 6.58 Å². The molecule has 2 amide bonds. The van der Waals surface area contributed by atoms with Crippen LogP contribution in [-0.2, 0) is 6.18 Å². The van der Waals surface area contributed by atoms with Crippen molar-refractivity contribution in [3.05, 3.63) is 36.5 Å². The zero-order valence-corrected chi connectivity index (χ0v) is 11.1. The molecule has 114 valence electrons. The van der Waals surface area contributed by atoms with Gasteiger partial charge in [-0.3, -0.25) is 0 Å². The first kappa shape index (κ1) is 15.1. The van der Waals surface area contributed by atoms with Crippen molar-refractivity contribution < 1.29 is 22.7 Å². The number of hydrogen-bond donors (Lipinski definition) is 1. The summed E-state index contributed by atoms with van der Waals surface area (Å²) in [6, 6.07) is 1.47. The molecule has 0 aromatic carbocycles. The lowest BCUT2D eigenvalue weighted by molar-refractivity contribution is -0.137. The molecule has 1 saturated heterocycles. The summed E-state index contributed by atoms with van der Waals surface area (Å²) in [5, 5.41) is 2.60. The number of ether oxygens (including phenoxy) is 1. The monoisotopic (exact) mass is 301 g/mol. The minimum Gasteiger partial charge on any atom is -0.471 e. The molecule has 1 fully saturated rings. The number of likely N-dealkylation sites (tertiary alicyclic amines) is 1. The van der Waals surface area contributed by atoms with Gasteiger partial charge < -0.3 is 15.0 Å². The molecule has 0 unspecified atom stereocenters. The number of rotatable bonds is 4. The predicted molar refractivity (Wildman–Crippen MR) is 68.8 cm³/mol. The Balaban J connectivity index is 1.85. The summed E-state index contributed by atoms with van der Waals surface area (Å²) >= 11 is 0. The second-order valence-corrected chi connectivity index (χ2v) is 4.50. The summed E-state index contributed by atoms with van der Waals surface area (Å²) in [5.74, 6) is -0.0963. The lowest BCUT2D eigenvalue weighted by Gasteiger charge is -2.38. The van der Waals surface area contributed by atoms with E-state index in [1.807, 2.05) is 0 Å². The molecule has 0 aliphatic carbocycles. The van der Waals surface area contributed by atoms with Crippen LogP contribution in [0.1, 0.15) is 5.56 Å². The second-order valence-electron chi connectivity index (χ2n) is 4.50. The van der Waals surface area contributed by atoms with Crippen LogP contribution in [0.3, 0.4) is 0 Å². The fourth-order valence-corrected chi connectivity index (χ4v) is 1.77. The molecular weight excluding hydrogens is 287 g/mol. The summed E-state index contributed by atoms with van der Waals surface area (Å²) in [5.41, 5.74) is -0.813. The van der Waals surface area contributed by atoms with E-state index in [2.05, 4.69) is 16.9 Å². The summed E-state index contributed by atoms with van der Waals surface area (Å²) in [6.07, 6.45) is -2.18. The van der Waals surface area contributed by atoms with Crippen LogP contribution in [0.4, 0.5) is 18.0 Å². The number of halogens is 3. The third-order valence-electron chi connectivity index (χ3n) is 2.88. The van der Waals surface area contributed by atoms with Crippen molar-refractivity contribution in [2.75, 3.05) is 19.6 Å². The van der Waals surface area contributed by atoms with E-state index in [0.717, 1.165) is 18.3 Å². The van der Waals surface area contributed by atoms with Gasteiger partial charge in [-0.1, -0.05) is 6.08 Å².